The van der Waals surface area contributed by atoms with Crippen LogP contribution in [0.3, 0.4) is 0 Å². The topological polar surface area (TPSA) is 161 Å². The van der Waals surface area contributed by atoms with Gasteiger partial charge in [0.15, 0.2) is 0 Å². The smallest absolute Gasteiger partial charge is 0.404 e. The molecule has 0 bridgehead atoms. The summed E-state index contributed by atoms with van der Waals surface area (Å²) in [4.78, 5) is 35.3. The summed E-state index contributed by atoms with van der Waals surface area (Å²) in [5.41, 5.74) is 8.03. The monoisotopic (exact) mass is 588 g/mol. The van der Waals surface area contributed by atoms with Gasteiger partial charge in [0.25, 0.3) is 5.91 Å². The molecule has 0 radical (unpaired) electrons. The number of ether oxygens (including phenoxy) is 2. The van der Waals surface area contributed by atoms with E-state index in [0.29, 0.717) is 70.4 Å². The molecular weight excluding hydrogens is 560 g/mol. The molecule has 0 aliphatic carbocycles. The Morgan fingerprint density at radius 2 is 1.98 bits per heavy atom. The number of carbonyl (C=O) groups is 2. The van der Waals surface area contributed by atoms with Gasteiger partial charge in [0.2, 0.25) is 0 Å². The number of primary amides is 1. The largest absolute Gasteiger partial charge is 0.488 e. The van der Waals surface area contributed by atoms with E-state index in [4.69, 9.17) is 26.8 Å². The predicted molar refractivity (Wildman–Crippen MR) is 155 cm³/mol. The highest BCUT2D eigenvalue weighted by Crippen LogP contribution is 2.31. The second-order valence-corrected chi connectivity index (χ2v) is 10.7. The van der Waals surface area contributed by atoms with E-state index in [-0.39, 0.29) is 19.1 Å². The van der Waals surface area contributed by atoms with Crippen LogP contribution in [0.25, 0.3) is 16.8 Å². The average Bonchev–Trinajstić information content (AvgIpc) is 3.38. The number of nitrogens with zero attached hydrogens (tertiary/aromatic N) is 6. The van der Waals surface area contributed by atoms with Crippen LogP contribution in [0.2, 0.25) is 5.02 Å². The van der Waals surface area contributed by atoms with Crippen LogP contribution in [0, 0.1) is 18.3 Å². The quantitative estimate of drug-likeness (QED) is 0.291. The number of nitrogens with one attached hydrogen (secondary N) is 1. The fourth-order valence-corrected chi connectivity index (χ4v) is 5.30. The van der Waals surface area contributed by atoms with Gasteiger partial charge in [-0.3, -0.25) is 9.78 Å². The molecule has 0 unspecified atom stereocenters. The maximum atomic E-state index is 13.0. The Morgan fingerprint density at radius 3 is 2.64 bits per heavy atom. The molecule has 2 amide bonds. The van der Waals surface area contributed by atoms with Gasteiger partial charge >= 0.3 is 6.09 Å². The number of amides is 2. The zero-order valence-electron chi connectivity index (χ0n) is 23.1. The first-order chi connectivity index (χ1) is 20.2. The number of benzene rings is 1. The molecule has 216 valence electrons. The highest BCUT2D eigenvalue weighted by atomic mass is 35.5. The van der Waals surface area contributed by atoms with Crippen molar-refractivity contribution in [2.45, 2.75) is 32.2 Å². The molecule has 42 heavy (non-hydrogen) atoms. The Bertz CT molecular complexity index is 1650. The Hall–Kier alpha value is -4.89. The third-order valence-corrected chi connectivity index (χ3v) is 7.59. The molecule has 12 nitrogen and oxygen atoms in total. The molecule has 0 spiro atoms. The Balaban J connectivity index is 1.30. The Kier molecular flexibility index (Phi) is 8.13. The van der Waals surface area contributed by atoms with Crippen LogP contribution in [-0.4, -0.2) is 63.4 Å². The number of hydrogen-bond acceptors (Lipinski definition) is 9. The molecular formula is C29H29ClN8O4. The van der Waals surface area contributed by atoms with E-state index in [9.17, 15) is 14.9 Å². The molecule has 0 saturated carbocycles. The molecule has 1 saturated heterocycles. The summed E-state index contributed by atoms with van der Waals surface area (Å²) in [5.74, 6) is 0.969. The van der Waals surface area contributed by atoms with Gasteiger partial charge in [-0.15, -0.1) is 0 Å². The van der Waals surface area contributed by atoms with E-state index in [1.807, 2.05) is 26.0 Å². The number of nitrogens with two attached hydrogens (primary N) is 1. The molecule has 5 rings (SSSR count). The second kappa shape index (κ2) is 11.9. The maximum Gasteiger partial charge on any atom is 0.404 e. The van der Waals surface area contributed by atoms with Crippen molar-refractivity contribution < 1.29 is 19.1 Å². The summed E-state index contributed by atoms with van der Waals surface area (Å²) in [7, 11) is 0. The molecule has 1 aliphatic heterocycles. The standard InChI is InChI=1S/C29H29ClN8O4/c1-18-4-3-5-22(30)25(18)27(39)36-29(2)6-8-37(9-7-29)24-16-33-23(15-34-24)21-12-20(41-10-11-42-28(32)40)17-38-26(21)19(13-31)14-35-38/h3-5,12,14-17H,6-11H2,1-2H3,(H2,32,40)(H,36,39). The van der Waals surface area contributed by atoms with Crippen molar-refractivity contribution in [1.29, 1.82) is 5.26 Å². The lowest BCUT2D eigenvalue weighted by Crippen LogP contribution is -2.53. The highest BCUT2D eigenvalue weighted by molar-refractivity contribution is 6.34. The van der Waals surface area contributed by atoms with E-state index in [1.165, 1.54) is 10.7 Å². The second-order valence-electron chi connectivity index (χ2n) is 10.3. The van der Waals surface area contributed by atoms with Crippen LogP contribution in [0.5, 0.6) is 5.75 Å². The number of halogens is 1. The fraction of sp³-hybridized carbons (Fsp3) is 0.310. The van der Waals surface area contributed by atoms with E-state index >= 15 is 0 Å². The zero-order valence-corrected chi connectivity index (χ0v) is 23.9. The van der Waals surface area contributed by atoms with Crippen molar-refractivity contribution in [3.05, 3.63) is 70.8 Å². The van der Waals surface area contributed by atoms with Gasteiger partial charge < -0.3 is 25.4 Å². The van der Waals surface area contributed by atoms with E-state index in [1.54, 1.807) is 30.7 Å². The van der Waals surface area contributed by atoms with Crippen LogP contribution >= 0.6 is 11.6 Å². The van der Waals surface area contributed by atoms with E-state index < -0.39 is 11.6 Å². The first-order valence-corrected chi connectivity index (χ1v) is 13.7. The number of aryl methyl sites for hydroxylation is 1. The Morgan fingerprint density at radius 1 is 1.19 bits per heavy atom. The van der Waals surface area contributed by atoms with Crippen LogP contribution in [0.4, 0.5) is 10.6 Å². The van der Waals surface area contributed by atoms with Crippen LogP contribution in [0.1, 0.15) is 41.3 Å². The summed E-state index contributed by atoms with van der Waals surface area (Å²) >= 11 is 6.31. The number of carbonyl (C=O) groups excluding carboxylic acids is 2. The molecule has 1 fully saturated rings. The number of rotatable bonds is 8. The summed E-state index contributed by atoms with van der Waals surface area (Å²) in [6.45, 7) is 5.33. The van der Waals surface area contributed by atoms with Crippen LogP contribution in [0.15, 0.2) is 49.1 Å². The van der Waals surface area contributed by atoms with Gasteiger partial charge in [-0.2, -0.15) is 10.4 Å². The van der Waals surface area contributed by atoms with Gasteiger partial charge in [-0.05, 0) is 44.4 Å². The number of piperidine rings is 1. The van der Waals surface area contributed by atoms with Gasteiger partial charge in [0, 0.05) is 24.2 Å². The molecule has 3 aromatic heterocycles. The lowest BCUT2D eigenvalue weighted by molar-refractivity contribution is 0.0891. The summed E-state index contributed by atoms with van der Waals surface area (Å²) < 4.78 is 12.0. The van der Waals surface area contributed by atoms with Gasteiger partial charge in [-0.25, -0.2) is 14.3 Å². The summed E-state index contributed by atoms with van der Waals surface area (Å²) in [6, 6.07) is 9.32. The molecule has 13 heteroatoms. The first-order valence-electron chi connectivity index (χ1n) is 13.3. The Labute approximate surface area is 247 Å². The lowest BCUT2D eigenvalue weighted by Gasteiger charge is -2.40. The predicted octanol–water partition coefficient (Wildman–Crippen LogP) is 3.89. The molecule has 4 heterocycles. The molecule has 3 N–H and O–H groups in total. The van der Waals surface area contributed by atoms with E-state index in [0.717, 1.165) is 5.56 Å². The van der Waals surface area contributed by atoms with Crippen molar-refractivity contribution in [1.82, 2.24) is 24.9 Å². The number of anilines is 1. The summed E-state index contributed by atoms with van der Waals surface area (Å²) in [5, 5.41) is 17.5. The van der Waals surface area contributed by atoms with Crippen LogP contribution in [-0.2, 0) is 4.74 Å². The maximum absolute atomic E-state index is 13.0. The van der Waals surface area contributed by atoms with Gasteiger partial charge in [-0.1, -0.05) is 23.7 Å². The number of pyridine rings is 1. The third-order valence-electron chi connectivity index (χ3n) is 7.27. The molecule has 1 aliphatic rings. The number of nitriles is 1. The zero-order chi connectivity index (χ0) is 29.9. The molecule has 0 atom stereocenters. The summed E-state index contributed by atoms with van der Waals surface area (Å²) in [6.07, 6.45) is 6.98. The number of hydrogen-bond donors (Lipinski definition) is 2. The van der Waals surface area contributed by atoms with Gasteiger partial charge in [0.1, 0.15) is 30.9 Å². The van der Waals surface area contributed by atoms with Crippen molar-refractivity contribution in [2.75, 3.05) is 31.2 Å². The first kappa shape index (κ1) is 28.6. The molecule has 1 aromatic carbocycles. The van der Waals surface area contributed by atoms with Crippen molar-refractivity contribution >= 4 is 34.9 Å². The van der Waals surface area contributed by atoms with Crippen molar-refractivity contribution in [2.24, 2.45) is 5.73 Å². The fourth-order valence-electron chi connectivity index (χ4n) is 4.99. The lowest BCUT2D eigenvalue weighted by atomic mass is 9.89. The minimum atomic E-state index is -0.883. The highest BCUT2D eigenvalue weighted by Gasteiger charge is 2.33. The van der Waals surface area contributed by atoms with Crippen molar-refractivity contribution in [3.8, 4) is 23.1 Å². The minimum Gasteiger partial charge on any atom is -0.488 e. The normalized spacial score (nSPS) is 14.3. The van der Waals surface area contributed by atoms with Crippen LogP contribution < -0.4 is 20.7 Å². The number of fused-ring (bicyclic) bond motifs is 1. The SMILES string of the molecule is Cc1cccc(Cl)c1C(=O)NC1(C)CCN(c2cnc(-c3cc(OCCOC(N)=O)cn4ncc(C#N)c34)cn2)CC1. The van der Waals surface area contributed by atoms with Crippen molar-refractivity contribution in [3.63, 3.8) is 0 Å². The molecule has 4 aromatic rings. The van der Waals surface area contributed by atoms with Gasteiger partial charge in [0.05, 0.1) is 52.1 Å². The number of aromatic nitrogens is 4. The van der Waals surface area contributed by atoms with E-state index in [2.05, 4.69) is 31.4 Å². The minimum absolute atomic E-state index is 0.0159. The third kappa shape index (κ3) is 6.06. The average molecular weight is 589 g/mol.